The number of nitrogens with zero attached hydrogens (tertiary/aromatic N) is 2. The zero-order chi connectivity index (χ0) is 10.7. The Balaban J connectivity index is 3.33. The van der Waals surface area contributed by atoms with E-state index in [1.54, 1.807) is 6.07 Å². The van der Waals surface area contributed by atoms with Crippen molar-refractivity contribution in [1.29, 1.82) is 5.26 Å². The Morgan fingerprint density at radius 1 is 1.57 bits per heavy atom. The number of rotatable bonds is 2. The number of amides is 1. The highest BCUT2D eigenvalue weighted by atomic mass is 19.3. The molecule has 0 aliphatic rings. The van der Waals surface area contributed by atoms with Crippen molar-refractivity contribution in [3.8, 4) is 6.07 Å². The number of carbonyl (C=O) groups is 1. The first-order valence-corrected chi connectivity index (χ1v) is 3.55. The normalized spacial score (nSPS) is 9.86. The monoisotopic (exact) mass is 197 g/mol. The molecule has 0 unspecified atom stereocenters. The van der Waals surface area contributed by atoms with Gasteiger partial charge in [0.15, 0.2) is 0 Å². The minimum Gasteiger partial charge on any atom is -0.366 e. The summed E-state index contributed by atoms with van der Waals surface area (Å²) in [7, 11) is 0. The molecule has 1 amide bonds. The number of primary amides is 1. The van der Waals surface area contributed by atoms with E-state index in [1.165, 1.54) is 0 Å². The SMILES string of the molecule is N#Cc1ccc(C(N)=O)c(C(F)F)n1. The van der Waals surface area contributed by atoms with Crippen LogP contribution in [0.4, 0.5) is 8.78 Å². The molecule has 4 nitrogen and oxygen atoms in total. The Hall–Kier alpha value is -2.03. The van der Waals surface area contributed by atoms with Gasteiger partial charge in [-0.15, -0.1) is 0 Å². The summed E-state index contributed by atoms with van der Waals surface area (Å²) in [5.41, 5.74) is 3.56. The molecule has 0 aromatic carbocycles. The molecule has 0 aliphatic carbocycles. The highest BCUT2D eigenvalue weighted by Gasteiger charge is 2.18. The molecule has 0 saturated heterocycles. The second kappa shape index (κ2) is 3.79. The van der Waals surface area contributed by atoms with Crippen LogP contribution in [0.3, 0.4) is 0 Å². The molecule has 2 N–H and O–H groups in total. The van der Waals surface area contributed by atoms with Gasteiger partial charge in [0.25, 0.3) is 12.3 Å². The standard InChI is InChI=1S/C8H5F2N3O/c9-7(10)6-5(8(12)14)2-1-4(3-11)13-6/h1-2,7H,(H2,12,14). The topological polar surface area (TPSA) is 79.8 Å². The van der Waals surface area contributed by atoms with Gasteiger partial charge in [-0.2, -0.15) is 5.26 Å². The fourth-order valence-electron chi connectivity index (χ4n) is 0.912. The van der Waals surface area contributed by atoms with Gasteiger partial charge in [-0.05, 0) is 12.1 Å². The number of hydrogen-bond acceptors (Lipinski definition) is 3. The highest BCUT2D eigenvalue weighted by Crippen LogP contribution is 2.20. The van der Waals surface area contributed by atoms with Crippen molar-refractivity contribution in [3.05, 3.63) is 29.1 Å². The summed E-state index contributed by atoms with van der Waals surface area (Å²) < 4.78 is 24.6. The van der Waals surface area contributed by atoms with Crippen LogP contribution in [0.25, 0.3) is 0 Å². The lowest BCUT2D eigenvalue weighted by molar-refractivity contribution is 0.0983. The van der Waals surface area contributed by atoms with Gasteiger partial charge < -0.3 is 5.73 Å². The van der Waals surface area contributed by atoms with Crippen LogP contribution in [-0.4, -0.2) is 10.9 Å². The van der Waals surface area contributed by atoms with E-state index < -0.39 is 18.0 Å². The molecule has 0 radical (unpaired) electrons. The molecule has 0 bridgehead atoms. The van der Waals surface area contributed by atoms with Crippen molar-refractivity contribution in [2.45, 2.75) is 6.43 Å². The van der Waals surface area contributed by atoms with Crippen molar-refractivity contribution in [2.24, 2.45) is 5.73 Å². The molecule has 1 rings (SSSR count). The molecule has 0 fully saturated rings. The van der Waals surface area contributed by atoms with Gasteiger partial charge >= 0.3 is 0 Å². The van der Waals surface area contributed by atoms with Gasteiger partial charge in [0.2, 0.25) is 0 Å². The molecule has 0 saturated carbocycles. The van der Waals surface area contributed by atoms with Gasteiger partial charge in [0.05, 0.1) is 5.56 Å². The maximum Gasteiger partial charge on any atom is 0.281 e. The van der Waals surface area contributed by atoms with Crippen LogP contribution in [0.15, 0.2) is 12.1 Å². The van der Waals surface area contributed by atoms with Crippen molar-refractivity contribution >= 4 is 5.91 Å². The predicted octanol–water partition coefficient (Wildman–Crippen LogP) is 0.990. The fourth-order valence-corrected chi connectivity index (χ4v) is 0.912. The Morgan fingerprint density at radius 3 is 2.64 bits per heavy atom. The van der Waals surface area contributed by atoms with Crippen LogP contribution in [0, 0.1) is 11.3 Å². The first-order chi connectivity index (χ1) is 6.56. The van der Waals surface area contributed by atoms with E-state index in [1.807, 2.05) is 0 Å². The Labute approximate surface area is 78.0 Å². The largest absolute Gasteiger partial charge is 0.366 e. The number of aromatic nitrogens is 1. The number of halogens is 2. The lowest BCUT2D eigenvalue weighted by Crippen LogP contribution is -2.15. The fraction of sp³-hybridized carbons (Fsp3) is 0.125. The minimum absolute atomic E-state index is 0.176. The second-order valence-electron chi connectivity index (χ2n) is 2.41. The van der Waals surface area contributed by atoms with E-state index in [9.17, 15) is 13.6 Å². The lowest BCUT2D eigenvalue weighted by atomic mass is 10.1. The summed E-state index contributed by atoms with van der Waals surface area (Å²) >= 11 is 0. The number of alkyl halides is 2. The highest BCUT2D eigenvalue weighted by molar-refractivity contribution is 5.94. The molecule has 6 heteroatoms. The molecule has 0 aliphatic heterocycles. The molecule has 1 aromatic rings. The summed E-state index contributed by atoms with van der Waals surface area (Å²) in [6, 6.07) is 3.82. The van der Waals surface area contributed by atoms with E-state index in [2.05, 4.69) is 4.98 Å². The summed E-state index contributed by atoms with van der Waals surface area (Å²) in [5.74, 6) is -0.989. The molecular formula is C8H5F2N3O. The Morgan fingerprint density at radius 2 is 2.21 bits per heavy atom. The zero-order valence-electron chi connectivity index (χ0n) is 6.87. The van der Waals surface area contributed by atoms with E-state index in [0.29, 0.717) is 0 Å². The Bertz CT molecular complexity index is 412. The number of nitrogens with two attached hydrogens (primary N) is 1. The van der Waals surface area contributed by atoms with Crippen LogP contribution in [-0.2, 0) is 0 Å². The first kappa shape index (κ1) is 10.1. The summed E-state index contributed by atoms with van der Waals surface area (Å²) in [6.07, 6.45) is -2.93. The third kappa shape index (κ3) is 1.82. The molecule has 0 spiro atoms. The lowest BCUT2D eigenvalue weighted by Gasteiger charge is -2.03. The number of nitriles is 1. The molecule has 1 aromatic heterocycles. The maximum absolute atomic E-state index is 12.3. The van der Waals surface area contributed by atoms with Crippen molar-refractivity contribution in [2.75, 3.05) is 0 Å². The van der Waals surface area contributed by atoms with Crippen LogP contribution < -0.4 is 5.73 Å². The maximum atomic E-state index is 12.3. The van der Waals surface area contributed by atoms with Crippen LogP contribution in [0.1, 0.15) is 28.2 Å². The minimum atomic E-state index is -2.93. The predicted molar refractivity (Wildman–Crippen MR) is 42.4 cm³/mol. The van der Waals surface area contributed by atoms with E-state index >= 15 is 0 Å². The summed E-state index contributed by atoms with van der Waals surface area (Å²) in [6.45, 7) is 0. The first-order valence-electron chi connectivity index (χ1n) is 3.55. The molecule has 1 heterocycles. The van der Waals surface area contributed by atoms with Crippen molar-refractivity contribution in [3.63, 3.8) is 0 Å². The van der Waals surface area contributed by atoms with Gasteiger partial charge in [0, 0.05) is 0 Å². The molecule has 0 atom stereocenters. The Kier molecular flexibility index (Phi) is 2.72. The van der Waals surface area contributed by atoms with Gasteiger partial charge in [-0.1, -0.05) is 0 Å². The van der Waals surface area contributed by atoms with Crippen LogP contribution in [0.2, 0.25) is 0 Å². The number of hydrogen-bond donors (Lipinski definition) is 1. The smallest absolute Gasteiger partial charge is 0.281 e. The van der Waals surface area contributed by atoms with E-state index in [-0.39, 0.29) is 11.3 Å². The summed E-state index contributed by atoms with van der Waals surface area (Å²) in [4.78, 5) is 14.0. The number of pyridine rings is 1. The quantitative estimate of drug-likeness (QED) is 0.767. The van der Waals surface area contributed by atoms with E-state index in [0.717, 1.165) is 12.1 Å². The van der Waals surface area contributed by atoms with Crippen LogP contribution >= 0.6 is 0 Å². The molecule has 14 heavy (non-hydrogen) atoms. The van der Waals surface area contributed by atoms with E-state index in [4.69, 9.17) is 11.0 Å². The molecule has 72 valence electrons. The third-order valence-electron chi connectivity index (χ3n) is 1.51. The third-order valence-corrected chi connectivity index (χ3v) is 1.51. The summed E-state index contributed by atoms with van der Waals surface area (Å²) in [5, 5.41) is 8.40. The van der Waals surface area contributed by atoms with Gasteiger partial charge in [0.1, 0.15) is 17.5 Å². The molecular weight excluding hydrogens is 192 g/mol. The zero-order valence-corrected chi connectivity index (χ0v) is 6.87. The van der Waals surface area contributed by atoms with Crippen molar-refractivity contribution in [1.82, 2.24) is 4.98 Å². The number of carbonyl (C=O) groups excluding carboxylic acids is 1. The van der Waals surface area contributed by atoms with Gasteiger partial charge in [-0.25, -0.2) is 13.8 Å². The average Bonchev–Trinajstić information content (AvgIpc) is 2.16. The average molecular weight is 197 g/mol. The van der Waals surface area contributed by atoms with Crippen molar-refractivity contribution < 1.29 is 13.6 Å². The second-order valence-corrected chi connectivity index (χ2v) is 2.41. The van der Waals surface area contributed by atoms with Crippen LogP contribution in [0.5, 0.6) is 0 Å². The van der Waals surface area contributed by atoms with Gasteiger partial charge in [-0.3, -0.25) is 4.79 Å².